The Bertz CT molecular complexity index is 556. The standard InChI is InChI=1S/C15H20O7S/c1-6(16)13-8(3)20-15-14(23-13)12(22-10(5)18)11(7(2)19-15)21-9(4)17/h7,11-12,14-15H,1-5H3. The number of hydrogen-bond donors (Lipinski definition) is 0. The summed E-state index contributed by atoms with van der Waals surface area (Å²) in [5, 5.41) is -0.498. The van der Waals surface area contributed by atoms with Crippen LogP contribution in [0.4, 0.5) is 0 Å². The monoisotopic (exact) mass is 344 g/mol. The van der Waals surface area contributed by atoms with E-state index in [1.807, 2.05) is 0 Å². The first-order chi connectivity index (χ1) is 10.7. The molecule has 0 aromatic carbocycles. The molecular formula is C15H20O7S. The molecule has 0 spiro atoms. The molecule has 0 amide bonds. The number of allylic oxidation sites excluding steroid dienone is 2. The summed E-state index contributed by atoms with van der Waals surface area (Å²) in [5.74, 6) is -0.670. The van der Waals surface area contributed by atoms with Gasteiger partial charge in [-0.05, 0) is 20.8 Å². The van der Waals surface area contributed by atoms with Gasteiger partial charge in [0.15, 0.2) is 18.0 Å². The first-order valence-corrected chi connectivity index (χ1v) is 8.13. The molecule has 0 bridgehead atoms. The van der Waals surface area contributed by atoms with Crippen molar-refractivity contribution in [3.05, 3.63) is 10.7 Å². The van der Waals surface area contributed by atoms with Crippen molar-refractivity contribution in [1.82, 2.24) is 0 Å². The van der Waals surface area contributed by atoms with Crippen LogP contribution in [-0.2, 0) is 33.3 Å². The maximum Gasteiger partial charge on any atom is 0.303 e. The van der Waals surface area contributed by atoms with Crippen molar-refractivity contribution in [2.45, 2.75) is 64.5 Å². The van der Waals surface area contributed by atoms with E-state index in [0.29, 0.717) is 10.7 Å². The molecule has 5 unspecified atom stereocenters. The molecule has 128 valence electrons. The zero-order valence-electron chi connectivity index (χ0n) is 13.7. The number of carbonyl (C=O) groups is 3. The zero-order chi connectivity index (χ0) is 17.3. The number of fused-ring (bicyclic) bond motifs is 1. The van der Waals surface area contributed by atoms with Crippen molar-refractivity contribution < 1.29 is 33.3 Å². The van der Waals surface area contributed by atoms with Crippen molar-refractivity contribution in [2.24, 2.45) is 0 Å². The minimum absolute atomic E-state index is 0.143. The lowest BCUT2D eigenvalue weighted by molar-refractivity contribution is -0.243. The van der Waals surface area contributed by atoms with Crippen molar-refractivity contribution in [3.63, 3.8) is 0 Å². The van der Waals surface area contributed by atoms with E-state index in [-0.39, 0.29) is 5.78 Å². The third-order valence-electron chi connectivity index (χ3n) is 3.52. The zero-order valence-corrected chi connectivity index (χ0v) is 14.5. The van der Waals surface area contributed by atoms with E-state index < -0.39 is 41.8 Å². The second-order valence-electron chi connectivity index (χ2n) is 5.50. The van der Waals surface area contributed by atoms with Gasteiger partial charge in [0.25, 0.3) is 0 Å². The van der Waals surface area contributed by atoms with E-state index in [1.54, 1.807) is 13.8 Å². The van der Waals surface area contributed by atoms with Gasteiger partial charge in [0.2, 0.25) is 6.29 Å². The van der Waals surface area contributed by atoms with Gasteiger partial charge in [0.1, 0.15) is 11.0 Å². The molecule has 0 aromatic rings. The van der Waals surface area contributed by atoms with Gasteiger partial charge in [-0.25, -0.2) is 0 Å². The molecule has 0 aliphatic carbocycles. The topological polar surface area (TPSA) is 88.1 Å². The molecule has 0 aromatic heterocycles. The smallest absolute Gasteiger partial charge is 0.303 e. The van der Waals surface area contributed by atoms with Crippen molar-refractivity contribution >= 4 is 29.5 Å². The Kier molecular flexibility index (Phi) is 5.36. The first-order valence-electron chi connectivity index (χ1n) is 7.25. The highest BCUT2D eigenvalue weighted by Crippen LogP contribution is 2.43. The SMILES string of the molecule is CC(=O)OC1C(C)OC2OC(C)=C(C(C)=O)SC2C1OC(C)=O. The highest BCUT2D eigenvalue weighted by atomic mass is 32.2. The summed E-state index contributed by atoms with van der Waals surface area (Å²) in [4.78, 5) is 35.0. The van der Waals surface area contributed by atoms with E-state index in [0.717, 1.165) is 0 Å². The summed E-state index contributed by atoms with van der Waals surface area (Å²) in [6.07, 6.45) is -2.73. The molecule has 2 rings (SSSR count). The third-order valence-corrected chi connectivity index (χ3v) is 5.09. The Morgan fingerprint density at radius 2 is 1.61 bits per heavy atom. The van der Waals surface area contributed by atoms with Crippen molar-refractivity contribution in [1.29, 1.82) is 0 Å². The predicted octanol–water partition coefficient (Wildman–Crippen LogP) is 1.55. The maximum absolute atomic E-state index is 11.7. The number of ketones is 1. The minimum atomic E-state index is -0.766. The van der Waals surface area contributed by atoms with Crippen LogP contribution in [0.15, 0.2) is 10.7 Å². The molecule has 7 nitrogen and oxygen atoms in total. The number of esters is 2. The summed E-state index contributed by atoms with van der Waals surface area (Å²) in [6.45, 7) is 7.40. The fourth-order valence-corrected chi connectivity index (χ4v) is 3.88. The molecule has 5 atom stereocenters. The Hall–Kier alpha value is -1.54. The Morgan fingerprint density at radius 1 is 1.04 bits per heavy atom. The van der Waals surface area contributed by atoms with Crippen LogP contribution in [0, 0.1) is 0 Å². The van der Waals surface area contributed by atoms with E-state index in [9.17, 15) is 14.4 Å². The summed E-state index contributed by atoms with van der Waals surface area (Å²) in [5.41, 5.74) is 0. The van der Waals surface area contributed by atoms with Gasteiger partial charge in [-0.3, -0.25) is 14.4 Å². The largest absolute Gasteiger partial charge is 0.467 e. The van der Waals surface area contributed by atoms with Crippen molar-refractivity contribution in [2.75, 3.05) is 0 Å². The molecule has 2 heterocycles. The highest BCUT2D eigenvalue weighted by molar-refractivity contribution is 8.04. The molecule has 1 fully saturated rings. The second-order valence-corrected chi connectivity index (χ2v) is 6.69. The molecule has 0 N–H and O–H groups in total. The van der Waals surface area contributed by atoms with E-state index in [2.05, 4.69) is 0 Å². The molecule has 8 heteroatoms. The number of hydrogen-bond acceptors (Lipinski definition) is 8. The number of ether oxygens (including phenoxy) is 4. The fourth-order valence-electron chi connectivity index (χ4n) is 2.65. The van der Waals surface area contributed by atoms with Gasteiger partial charge < -0.3 is 18.9 Å². The molecule has 1 saturated heterocycles. The van der Waals surface area contributed by atoms with Gasteiger partial charge in [-0.1, -0.05) is 0 Å². The number of Topliss-reactive ketones (excluding diaryl/α,β-unsaturated/α-hetero) is 1. The lowest BCUT2D eigenvalue weighted by atomic mass is 10.0. The average Bonchev–Trinajstić information content (AvgIpc) is 2.41. The van der Waals surface area contributed by atoms with Gasteiger partial charge in [0.05, 0.1) is 11.0 Å². The van der Waals surface area contributed by atoms with Crippen molar-refractivity contribution in [3.8, 4) is 0 Å². The number of carbonyl (C=O) groups excluding carboxylic acids is 3. The normalized spacial score (nSPS) is 33.3. The van der Waals surface area contributed by atoms with Gasteiger partial charge in [-0.15, -0.1) is 11.8 Å². The molecule has 2 aliphatic heterocycles. The van der Waals surface area contributed by atoms with Crippen LogP contribution in [0.3, 0.4) is 0 Å². The van der Waals surface area contributed by atoms with E-state index >= 15 is 0 Å². The van der Waals surface area contributed by atoms with Gasteiger partial charge in [-0.2, -0.15) is 0 Å². The average molecular weight is 344 g/mol. The lowest BCUT2D eigenvalue weighted by Gasteiger charge is -2.45. The molecule has 2 aliphatic rings. The first kappa shape index (κ1) is 17.8. The summed E-state index contributed by atoms with van der Waals surface area (Å²) >= 11 is 1.23. The number of rotatable bonds is 3. The molecular weight excluding hydrogens is 324 g/mol. The van der Waals surface area contributed by atoms with E-state index in [4.69, 9.17) is 18.9 Å². The third kappa shape index (κ3) is 3.87. The molecule has 23 heavy (non-hydrogen) atoms. The van der Waals surface area contributed by atoms with Crippen LogP contribution >= 0.6 is 11.8 Å². The summed E-state index contributed by atoms with van der Waals surface area (Å²) in [7, 11) is 0. The molecule has 0 saturated carbocycles. The van der Waals surface area contributed by atoms with Crippen LogP contribution in [-0.4, -0.2) is 47.6 Å². The van der Waals surface area contributed by atoms with Gasteiger partial charge in [0, 0.05) is 13.8 Å². The van der Waals surface area contributed by atoms with Gasteiger partial charge >= 0.3 is 11.9 Å². The quantitative estimate of drug-likeness (QED) is 0.713. The Morgan fingerprint density at radius 3 is 2.13 bits per heavy atom. The second kappa shape index (κ2) is 6.92. The van der Waals surface area contributed by atoms with Crippen LogP contribution in [0.5, 0.6) is 0 Å². The van der Waals surface area contributed by atoms with Crippen LogP contribution < -0.4 is 0 Å². The minimum Gasteiger partial charge on any atom is -0.467 e. The Balaban J connectivity index is 2.34. The summed E-state index contributed by atoms with van der Waals surface area (Å²) < 4.78 is 22.1. The fraction of sp³-hybridized carbons (Fsp3) is 0.667. The highest BCUT2D eigenvalue weighted by Gasteiger charge is 2.52. The maximum atomic E-state index is 11.7. The van der Waals surface area contributed by atoms with Crippen LogP contribution in [0.2, 0.25) is 0 Å². The Labute approximate surface area is 138 Å². The lowest BCUT2D eigenvalue weighted by Crippen LogP contribution is -2.59. The van der Waals surface area contributed by atoms with Crippen LogP contribution in [0.1, 0.15) is 34.6 Å². The molecule has 0 radical (unpaired) electrons. The van der Waals surface area contributed by atoms with E-state index in [1.165, 1.54) is 32.5 Å². The number of thioether (sulfide) groups is 1. The predicted molar refractivity (Wildman–Crippen MR) is 81.3 cm³/mol. The van der Waals surface area contributed by atoms with Crippen LogP contribution in [0.25, 0.3) is 0 Å². The summed E-state index contributed by atoms with van der Waals surface area (Å²) in [6, 6.07) is 0.